The molecule has 150 valence electrons. The van der Waals surface area contributed by atoms with Crippen molar-refractivity contribution in [2.24, 2.45) is 0 Å². The third-order valence-corrected chi connectivity index (χ3v) is 5.06. The molecule has 1 aliphatic rings. The number of benzene rings is 1. The summed E-state index contributed by atoms with van der Waals surface area (Å²) in [5.41, 5.74) is -0.778. The van der Waals surface area contributed by atoms with Crippen molar-refractivity contribution in [2.45, 2.75) is 24.9 Å². The smallest absolute Gasteiger partial charge is 0.317 e. The fraction of sp³-hybridized carbons (Fsp3) is 0.333. The number of alkyl halides is 3. The van der Waals surface area contributed by atoms with E-state index in [9.17, 15) is 18.0 Å². The number of fused-ring (bicyclic) bond motifs is 1. The minimum Gasteiger partial charge on any atom is -0.317 e. The Hall–Kier alpha value is -2.03. The number of H-pyrrole nitrogens is 1. The number of aromatic nitrogens is 3. The van der Waals surface area contributed by atoms with Crippen molar-refractivity contribution in [1.29, 1.82) is 0 Å². The molecule has 0 amide bonds. The van der Waals surface area contributed by atoms with E-state index in [0.29, 0.717) is 16.3 Å². The van der Waals surface area contributed by atoms with E-state index in [-0.39, 0.29) is 29.5 Å². The summed E-state index contributed by atoms with van der Waals surface area (Å²) in [6, 6.07) is 7.35. The molecule has 28 heavy (non-hydrogen) atoms. The first kappa shape index (κ1) is 20.7. The molecule has 0 unspecified atom stereocenters. The van der Waals surface area contributed by atoms with Crippen LogP contribution in [-0.4, -0.2) is 27.7 Å². The zero-order valence-electron chi connectivity index (χ0n) is 14.5. The summed E-state index contributed by atoms with van der Waals surface area (Å²) in [6.07, 6.45) is -3.20. The van der Waals surface area contributed by atoms with E-state index in [0.717, 1.165) is 25.9 Å². The largest absolute Gasteiger partial charge is 0.435 e. The maximum Gasteiger partial charge on any atom is 0.435 e. The highest BCUT2D eigenvalue weighted by atomic mass is 35.5. The number of hydrogen-bond donors (Lipinski definition) is 2. The van der Waals surface area contributed by atoms with Crippen LogP contribution in [-0.2, 0) is 6.18 Å². The van der Waals surface area contributed by atoms with E-state index in [1.807, 2.05) is 0 Å². The highest BCUT2D eigenvalue weighted by Gasteiger charge is 2.39. The van der Waals surface area contributed by atoms with Crippen LogP contribution in [0.1, 0.15) is 30.1 Å². The minimum absolute atomic E-state index is 0. The highest BCUT2D eigenvalue weighted by molar-refractivity contribution is 6.30. The lowest BCUT2D eigenvalue weighted by molar-refractivity contribution is -0.140. The molecular formula is C18H17Cl2F3N4O. The predicted octanol–water partition coefficient (Wildman–Crippen LogP) is 4.25. The lowest BCUT2D eigenvalue weighted by atomic mass is 9.94. The van der Waals surface area contributed by atoms with E-state index in [2.05, 4.69) is 15.4 Å². The second kappa shape index (κ2) is 7.77. The quantitative estimate of drug-likeness (QED) is 0.636. The summed E-state index contributed by atoms with van der Waals surface area (Å²) in [7, 11) is 0. The van der Waals surface area contributed by atoms with Gasteiger partial charge in [0.1, 0.15) is 5.65 Å². The Kier molecular flexibility index (Phi) is 5.74. The Morgan fingerprint density at radius 3 is 2.39 bits per heavy atom. The van der Waals surface area contributed by atoms with Gasteiger partial charge in [-0.3, -0.25) is 4.79 Å². The van der Waals surface area contributed by atoms with Crippen molar-refractivity contribution >= 4 is 29.7 Å². The lowest BCUT2D eigenvalue weighted by Crippen LogP contribution is -2.28. The molecule has 1 saturated heterocycles. The second-order valence-corrected chi connectivity index (χ2v) is 7.01. The third kappa shape index (κ3) is 3.76. The van der Waals surface area contributed by atoms with Crippen molar-refractivity contribution < 1.29 is 13.2 Å². The topological polar surface area (TPSA) is 62.2 Å². The monoisotopic (exact) mass is 432 g/mol. The average Bonchev–Trinajstić information content (AvgIpc) is 3.02. The second-order valence-electron chi connectivity index (χ2n) is 6.57. The van der Waals surface area contributed by atoms with Crippen molar-refractivity contribution in [3.8, 4) is 11.1 Å². The number of halogens is 5. The normalized spacial score (nSPS) is 15.6. The van der Waals surface area contributed by atoms with E-state index >= 15 is 0 Å². The number of nitrogens with one attached hydrogen (secondary N) is 2. The van der Waals surface area contributed by atoms with Crippen LogP contribution in [0.5, 0.6) is 0 Å². The van der Waals surface area contributed by atoms with Gasteiger partial charge >= 0.3 is 6.18 Å². The SMILES string of the molecule is Cl.O=c1cc(C2CCNCC2)n2nc(C(F)(F)F)c(-c3ccc(Cl)cc3)c2[nH]1. The van der Waals surface area contributed by atoms with Crippen LogP contribution in [0.3, 0.4) is 0 Å². The Morgan fingerprint density at radius 1 is 1.14 bits per heavy atom. The predicted molar refractivity (Wildman–Crippen MR) is 103 cm³/mol. The molecule has 4 rings (SSSR count). The molecule has 0 bridgehead atoms. The van der Waals surface area contributed by atoms with Gasteiger partial charge in [-0.25, -0.2) is 4.52 Å². The molecule has 1 aromatic carbocycles. The maximum atomic E-state index is 13.7. The molecule has 1 fully saturated rings. The van der Waals surface area contributed by atoms with Crippen LogP contribution in [0, 0.1) is 0 Å². The van der Waals surface area contributed by atoms with Gasteiger partial charge in [0.25, 0.3) is 5.56 Å². The molecule has 1 aliphatic heterocycles. The molecule has 5 nitrogen and oxygen atoms in total. The van der Waals surface area contributed by atoms with Gasteiger partial charge in [0.2, 0.25) is 0 Å². The van der Waals surface area contributed by atoms with Crippen LogP contribution < -0.4 is 10.9 Å². The molecule has 2 N–H and O–H groups in total. The van der Waals surface area contributed by atoms with Crippen LogP contribution in [0.2, 0.25) is 5.02 Å². The lowest BCUT2D eigenvalue weighted by Gasteiger charge is -2.23. The molecule has 0 radical (unpaired) electrons. The van der Waals surface area contributed by atoms with Crippen molar-refractivity contribution in [3.05, 3.63) is 57.1 Å². The first-order valence-corrected chi connectivity index (χ1v) is 8.92. The molecule has 3 heterocycles. The number of nitrogens with zero attached hydrogens (tertiary/aromatic N) is 2. The fourth-order valence-corrected chi connectivity index (χ4v) is 3.69. The van der Waals surface area contributed by atoms with E-state index in [1.54, 1.807) is 0 Å². The van der Waals surface area contributed by atoms with Gasteiger partial charge in [-0.2, -0.15) is 18.3 Å². The van der Waals surface area contributed by atoms with Crippen LogP contribution in [0.25, 0.3) is 16.8 Å². The first-order valence-electron chi connectivity index (χ1n) is 8.54. The Balaban J connectivity index is 0.00000225. The maximum absolute atomic E-state index is 13.7. The molecule has 10 heteroatoms. The zero-order chi connectivity index (χ0) is 19.2. The van der Waals surface area contributed by atoms with Gasteiger partial charge in [0, 0.05) is 17.0 Å². The summed E-state index contributed by atoms with van der Waals surface area (Å²) in [4.78, 5) is 14.8. The summed E-state index contributed by atoms with van der Waals surface area (Å²) in [5, 5.41) is 7.49. The summed E-state index contributed by atoms with van der Waals surface area (Å²) >= 11 is 5.87. The van der Waals surface area contributed by atoms with Crippen LogP contribution >= 0.6 is 24.0 Å². The Bertz CT molecular complexity index is 1040. The summed E-state index contributed by atoms with van der Waals surface area (Å²) < 4.78 is 42.4. The molecule has 0 saturated carbocycles. The fourth-order valence-electron chi connectivity index (χ4n) is 3.57. The molecule has 2 aromatic heterocycles. The Labute approximate surface area is 169 Å². The zero-order valence-corrected chi connectivity index (χ0v) is 16.1. The number of hydrogen-bond acceptors (Lipinski definition) is 3. The van der Waals surface area contributed by atoms with Crippen LogP contribution in [0.15, 0.2) is 35.1 Å². The van der Waals surface area contributed by atoms with Gasteiger partial charge in [-0.05, 0) is 43.6 Å². The number of aromatic amines is 1. The summed E-state index contributed by atoms with van der Waals surface area (Å²) in [6.45, 7) is 1.49. The van der Waals surface area contributed by atoms with Gasteiger partial charge in [-0.1, -0.05) is 23.7 Å². The highest BCUT2D eigenvalue weighted by Crippen LogP contribution is 2.39. The molecular weight excluding hydrogens is 416 g/mol. The number of rotatable bonds is 2. The standard InChI is InChI=1S/C18H16ClF3N4O.ClH/c19-12-3-1-11(2-4-12)15-16(18(20,21)22)25-26-13(9-14(27)24-17(15)26)10-5-7-23-8-6-10;/h1-4,9-10,23H,5-8H2,(H,24,27);1H. The molecule has 0 atom stereocenters. The van der Waals surface area contributed by atoms with Gasteiger partial charge in [-0.15, -0.1) is 12.4 Å². The average molecular weight is 433 g/mol. The van der Waals surface area contributed by atoms with Gasteiger partial charge in [0.15, 0.2) is 5.69 Å². The van der Waals surface area contributed by atoms with Crippen molar-refractivity contribution in [3.63, 3.8) is 0 Å². The molecule has 0 spiro atoms. The first-order chi connectivity index (χ1) is 12.8. The third-order valence-electron chi connectivity index (χ3n) is 4.81. The molecule has 3 aromatic rings. The van der Waals surface area contributed by atoms with Crippen molar-refractivity contribution in [2.75, 3.05) is 13.1 Å². The number of piperidine rings is 1. The Morgan fingerprint density at radius 2 is 1.79 bits per heavy atom. The van der Waals surface area contributed by atoms with Gasteiger partial charge in [0.05, 0.1) is 11.3 Å². The van der Waals surface area contributed by atoms with E-state index in [4.69, 9.17) is 11.6 Å². The van der Waals surface area contributed by atoms with Crippen LogP contribution in [0.4, 0.5) is 13.2 Å². The van der Waals surface area contributed by atoms with E-state index in [1.165, 1.54) is 34.8 Å². The molecule has 0 aliphatic carbocycles. The van der Waals surface area contributed by atoms with E-state index < -0.39 is 17.4 Å². The summed E-state index contributed by atoms with van der Waals surface area (Å²) in [5.74, 6) is -0.0323. The van der Waals surface area contributed by atoms with Crippen molar-refractivity contribution in [1.82, 2.24) is 19.9 Å². The minimum atomic E-state index is -4.66. The van der Waals surface area contributed by atoms with Gasteiger partial charge < -0.3 is 10.3 Å².